The molecule has 1 heterocycles. The minimum Gasteiger partial charge on any atom is -0.543 e. The minimum atomic E-state index is -1.24. The van der Waals surface area contributed by atoms with Crippen LogP contribution in [0.2, 0.25) is 0 Å². The Balaban J connectivity index is 2.55. The van der Waals surface area contributed by atoms with Gasteiger partial charge in [0.05, 0.1) is 25.3 Å². The molecule has 5 nitrogen and oxygen atoms in total. The van der Waals surface area contributed by atoms with Crippen LogP contribution in [0.1, 0.15) is 15.5 Å². The number of hydrogen-bond donors (Lipinski definition) is 2. The smallest absolute Gasteiger partial charge is 0.148 e. The summed E-state index contributed by atoms with van der Waals surface area (Å²) in [7, 11) is 1.91. The summed E-state index contributed by atoms with van der Waals surface area (Å²) < 4.78 is 0. The third kappa shape index (κ3) is 3.06. The number of likely N-dealkylation sites (N-methyl/N-ethyl adjacent to an activating group) is 1. The molecule has 0 radical (unpaired) electrons. The van der Waals surface area contributed by atoms with Gasteiger partial charge in [0.15, 0.2) is 0 Å². The molecule has 0 saturated carbocycles. The Morgan fingerprint density at radius 2 is 2.50 bits per heavy atom. The molecule has 1 atom stereocenters. The number of thiazole rings is 1. The van der Waals surface area contributed by atoms with Crippen LogP contribution in [0.15, 0.2) is 5.38 Å². The van der Waals surface area contributed by atoms with Crippen LogP contribution in [0.3, 0.4) is 0 Å². The number of hydrogen-bond acceptors (Lipinski definition) is 5. The van der Waals surface area contributed by atoms with Crippen molar-refractivity contribution in [2.45, 2.75) is 6.54 Å². The topological polar surface area (TPSA) is 77.7 Å². The number of nitrogens with zero attached hydrogens (tertiary/aromatic N) is 1. The second-order valence-corrected chi connectivity index (χ2v) is 3.96. The molecule has 2 N–H and O–H groups in total. The normalized spacial score (nSPS) is 12.7. The van der Waals surface area contributed by atoms with Crippen LogP contribution in [0.25, 0.3) is 0 Å². The number of carbonyl (C=O) groups excluding carboxylic acids is 1. The third-order valence-electron chi connectivity index (χ3n) is 1.75. The van der Waals surface area contributed by atoms with Crippen molar-refractivity contribution >= 4 is 17.3 Å². The molecule has 78 valence electrons. The fourth-order valence-electron chi connectivity index (χ4n) is 1.02. The lowest BCUT2D eigenvalue weighted by Crippen LogP contribution is -3.08. The van der Waals surface area contributed by atoms with E-state index in [0.29, 0.717) is 13.1 Å². The molecule has 6 heteroatoms. The monoisotopic (exact) mass is 216 g/mol. The maximum Gasteiger partial charge on any atom is 0.148 e. The molecular weight excluding hydrogens is 204 g/mol. The van der Waals surface area contributed by atoms with Crippen molar-refractivity contribution in [3.05, 3.63) is 16.1 Å². The standard InChI is InChI=1S/C8H12N2O3S/c1-10(2-3-11)4-7-9-6(5-14-7)8(12)13/h5,11H,2-4H2,1H3,(H,12,13). The van der Waals surface area contributed by atoms with Gasteiger partial charge in [-0.15, -0.1) is 11.3 Å². The summed E-state index contributed by atoms with van der Waals surface area (Å²) in [5.74, 6) is -1.24. The Bertz CT molecular complexity index is 313. The molecule has 1 aromatic rings. The summed E-state index contributed by atoms with van der Waals surface area (Å²) in [6.45, 7) is 1.36. The predicted molar refractivity (Wildman–Crippen MR) is 49.0 cm³/mol. The molecule has 1 aromatic heterocycles. The van der Waals surface area contributed by atoms with Crippen molar-refractivity contribution in [3.63, 3.8) is 0 Å². The molecule has 0 aromatic carbocycles. The van der Waals surface area contributed by atoms with E-state index >= 15 is 0 Å². The summed E-state index contributed by atoms with van der Waals surface area (Å²) in [5.41, 5.74) is -0.0122. The average Bonchev–Trinajstić information content (AvgIpc) is 2.53. The van der Waals surface area contributed by atoms with Gasteiger partial charge in [-0.05, 0) is 0 Å². The van der Waals surface area contributed by atoms with Crippen LogP contribution in [-0.4, -0.2) is 36.3 Å². The highest BCUT2D eigenvalue weighted by atomic mass is 32.1. The van der Waals surface area contributed by atoms with Gasteiger partial charge in [0.1, 0.15) is 18.1 Å². The van der Waals surface area contributed by atoms with Crippen molar-refractivity contribution in [1.29, 1.82) is 0 Å². The minimum absolute atomic E-state index is 0.0122. The molecule has 0 aliphatic heterocycles. The van der Waals surface area contributed by atoms with Gasteiger partial charge in [0.2, 0.25) is 0 Å². The highest BCUT2D eigenvalue weighted by Crippen LogP contribution is 2.07. The van der Waals surface area contributed by atoms with Crippen LogP contribution in [-0.2, 0) is 6.54 Å². The van der Waals surface area contributed by atoms with Gasteiger partial charge in [-0.3, -0.25) is 0 Å². The summed E-state index contributed by atoms with van der Waals surface area (Å²) in [5, 5.41) is 21.3. The van der Waals surface area contributed by atoms with Crippen LogP contribution < -0.4 is 10.0 Å². The first-order valence-electron chi connectivity index (χ1n) is 4.21. The summed E-state index contributed by atoms with van der Waals surface area (Å²) >= 11 is 1.30. The lowest BCUT2D eigenvalue weighted by molar-refractivity contribution is -0.894. The van der Waals surface area contributed by atoms with E-state index in [0.717, 1.165) is 9.91 Å². The van der Waals surface area contributed by atoms with Crippen molar-refractivity contribution in [1.82, 2.24) is 4.98 Å². The quantitative estimate of drug-likeness (QED) is 0.571. The SMILES string of the molecule is C[NH+](CCO)Cc1nc(C(=O)[O-])cs1. The summed E-state index contributed by atoms with van der Waals surface area (Å²) in [6.07, 6.45) is 0. The molecule has 1 unspecified atom stereocenters. The predicted octanol–water partition coefficient (Wildman–Crippen LogP) is -2.49. The number of aromatic carboxylic acids is 1. The van der Waals surface area contributed by atoms with Gasteiger partial charge in [-0.2, -0.15) is 0 Å². The highest BCUT2D eigenvalue weighted by Gasteiger charge is 2.07. The number of carboxylic acids is 1. The number of aliphatic hydroxyl groups is 1. The zero-order chi connectivity index (χ0) is 10.6. The second kappa shape index (κ2) is 5.04. The van der Waals surface area contributed by atoms with Crippen molar-refractivity contribution in [2.75, 3.05) is 20.2 Å². The van der Waals surface area contributed by atoms with Crippen molar-refractivity contribution in [3.8, 4) is 0 Å². The van der Waals surface area contributed by atoms with Crippen molar-refractivity contribution < 1.29 is 19.9 Å². The van der Waals surface area contributed by atoms with Crippen LogP contribution in [0.4, 0.5) is 0 Å². The van der Waals surface area contributed by atoms with Gasteiger partial charge in [0.25, 0.3) is 0 Å². The van der Waals surface area contributed by atoms with E-state index in [-0.39, 0.29) is 12.3 Å². The van der Waals surface area contributed by atoms with Crippen molar-refractivity contribution in [2.24, 2.45) is 0 Å². The zero-order valence-electron chi connectivity index (χ0n) is 7.82. The highest BCUT2D eigenvalue weighted by molar-refractivity contribution is 7.09. The average molecular weight is 216 g/mol. The number of aromatic nitrogens is 1. The van der Waals surface area contributed by atoms with E-state index in [1.165, 1.54) is 16.7 Å². The first kappa shape index (κ1) is 11.1. The van der Waals surface area contributed by atoms with E-state index in [2.05, 4.69) is 4.98 Å². The summed E-state index contributed by atoms with van der Waals surface area (Å²) in [6, 6.07) is 0. The Morgan fingerprint density at radius 3 is 3.00 bits per heavy atom. The Hall–Kier alpha value is -0.980. The largest absolute Gasteiger partial charge is 0.543 e. The lowest BCUT2D eigenvalue weighted by Gasteiger charge is -2.09. The van der Waals surface area contributed by atoms with Gasteiger partial charge in [-0.1, -0.05) is 0 Å². The third-order valence-corrected chi connectivity index (χ3v) is 2.60. The number of quaternary nitrogens is 1. The molecule has 14 heavy (non-hydrogen) atoms. The maximum absolute atomic E-state index is 10.4. The fourth-order valence-corrected chi connectivity index (χ4v) is 1.90. The number of carbonyl (C=O) groups is 1. The number of carboxylic acid groups (broad SMARTS) is 1. The lowest BCUT2D eigenvalue weighted by atomic mass is 10.5. The Labute approximate surface area is 85.6 Å². The van der Waals surface area contributed by atoms with Crippen LogP contribution >= 0.6 is 11.3 Å². The molecule has 0 aliphatic carbocycles. The molecule has 0 bridgehead atoms. The Morgan fingerprint density at radius 1 is 1.79 bits per heavy atom. The van der Waals surface area contributed by atoms with E-state index in [1.54, 1.807) is 0 Å². The molecular formula is C8H12N2O3S. The molecule has 0 spiro atoms. The second-order valence-electron chi connectivity index (χ2n) is 3.02. The first-order chi connectivity index (χ1) is 6.63. The molecule has 0 amide bonds. The van der Waals surface area contributed by atoms with Gasteiger partial charge in [0, 0.05) is 5.38 Å². The van der Waals surface area contributed by atoms with Gasteiger partial charge < -0.3 is 19.9 Å². The maximum atomic E-state index is 10.4. The van der Waals surface area contributed by atoms with E-state index < -0.39 is 5.97 Å². The summed E-state index contributed by atoms with van der Waals surface area (Å²) in [4.78, 5) is 15.4. The molecule has 1 rings (SSSR count). The number of aliphatic hydroxyl groups excluding tert-OH is 1. The number of rotatable bonds is 5. The zero-order valence-corrected chi connectivity index (χ0v) is 8.63. The van der Waals surface area contributed by atoms with Crippen LogP contribution in [0, 0.1) is 0 Å². The molecule has 0 saturated heterocycles. The van der Waals surface area contributed by atoms with E-state index in [4.69, 9.17) is 5.11 Å². The first-order valence-corrected chi connectivity index (χ1v) is 5.09. The van der Waals surface area contributed by atoms with E-state index in [9.17, 15) is 9.90 Å². The van der Waals surface area contributed by atoms with Gasteiger partial charge in [-0.25, -0.2) is 4.98 Å². The molecule has 0 aliphatic rings. The fraction of sp³-hybridized carbons (Fsp3) is 0.500. The van der Waals surface area contributed by atoms with E-state index in [1.807, 2.05) is 7.05 Å². The van der Waals surface area contributed by atoms with Crippen LogP contribution in [0.5, 0.6) is 0 Å². The molecule has 0 fully saturated rings. The van der Waals surface area contributed by atoms with Gasteiger partial charge >= 0.3 is 0 Å². The Kier molecular flexibility index (Phi) is 3.99. The number of nitrogens with one attached hydrogen (secondary N) is 1.